The predicted molar refractivity (Wildman–Crippen MR) is 113 cm³/mol. The van der Waals surface area contributed by atoms with Gasteiger partial charge >= 0.3 is 6.03 Å². The molecule has 1 aliphatic rings. The molecule has 1 atom stereocenters. The van der Waals surface area contributed by atoms with Crippen molar-refractivity contribution in [3.63, 3.8) is 0 Å². The number of methoxy groups -OCH3 is 1. The predicted octanol–water partition coefficient (Wildman–Crippen LogP) is 5.27. The lowest BCUT2D eigenvalue weighted by atomic mass is 10.0. The first-order chi connectivity index (χ1) is 14.1. The molecule has 1 aromatic heterocycles. The molecule has 150 valence electrons. The van der Waals surface area contributed by atoms with Gasteiger partial charge in [-0.2, -0.15) is 4.98 Å². The van der Waals surface area contributed by atoms with Gasteiger partial charge in [0.2, 0.25) is 11.7 Å². The third-order valence-corrected chi connectivity index (χ3v) is 5.44. The number of aromatic nitrogens is 2. The van der Waals surface area contributed by atoms with Crippen molar-refractivity contribution in [3.8, 4) is 17.1 Å². The molecule has 29 heavy (non-hydrogen) atoms. The highest BCUT2D eigenvalue weighted by Crippen LogP contribution is 2.32. The molecule has 2 aromatic carbocycles. The van der Waals surface area contributed by atoms with Gasteiger partial charge in [0.15, 0.2) is 0 Å². The van der Waals surface area contributed by atoms with Crippen molar-refractivity contribution in [3.05, 3.63) is 58.9 Å². The SMILES string of the molecule is COc1cccc(NC(=O)N2CCCCC2c2nc(-c3ccc(Br)cc3)no2)c1. The van der Waals surface area contributed by atoms with Crippen molar-refractivity contribution in [2.45, 2.75) is 25.3 Å². The quantitative estimate of drug-likeness (QED) is 0.578. The first-order valence-electron chi connectivity index (χ1n) is 9.45. The number of benzene rings is 2. The molecule has 0 aliphatic carbocycles. The third-order valence-electron chi connectivity index (χ3n) is 4.91. The van der Waals surface area contributed by atoms with Gasteiger partial charge in [-0.1, -0.05) is 27.2 Å². The summed E-state index contributed by atoms with van der Waals surface area (Å²) in [5.74, 6) is 1.67. The Labute approximate surface area is 177 Å². The van der Waals surface area contributed by atoms with Crippen molar-refractivity contribution in [2.75, 3.05) is 19.0 Å². The number of ether oxygens (including phenoxy) is 1. The van der Waals surface area contributed by atoms with E-state index in [2.05, 4.69) is 31.4 Å². The largest absolute Gasteiger partial charge is 0.497 e. The summed E-state index contributed by atoms with van der Waals surface area (Å²) in [6, 6.07) is 14.6. The molecular formula is C21H21BrN4O3. The summed E-state index contributed by atoms with van der Waals surface area (Å²) in [5, 5.41) is 7.06. The van der Waals surface area contributed by atoms with Crippen LogP contribution >= 0.6 is 15.9 Å². The fraction of sp³-hybridized carbons (Fsp3) is 0.286. The number of halogens is 1. The summed E-state index contributed by atoms with van der Waals surface area (Å²) in [7, 11) is 1.60. The van der Waals surface area contributed by atoms with Crippen LogP contribution in [0.15, 0.2) is 57.5 Å². The van der Waals surface area contributed by atoms with Crippen LogP contribution in [0, 0.1) is 0 Å². The lowest BCUT2D eigenvalue weighted by Crippen LogP contribution is -2.41. The summed E-state index contributed by atoms with van der Waals surface area (Å²) in [4.78, 5) is 19.3. The molecule has 1 N–H and O–H groups in total. The van der Waals surface area contributed by atoms with E-state index in [9.17, 15) is 4.79 Å². The van der Waals surface area contributed by atoms with Gasteiger partial charge in [-0.05, 0) is 55.7 Å². The molecule has 8 heteroatoms. The molecule has 7 nitrogen and oxygen atoms in total. The highest BCUT2D eigenvalue weighted by Gasteiger charge is 2.32. The number of amides is 2. The van der Waals surface area contributed by atoms with Crippen LogP contribution in [0.3, 0.4) is 0 Å². The molecule has 0 saturated carbocycles. The Hall–Kier alpha value is -2.87. The monoisotopic (exact) mass is 456 g/mol. The molecule has 1 aliphatic heterocycles. The normalized spacial score (nSPS) is 16.5. The molecule has 0 spiro atoms. The molecule has 2 amide bonds. The number of rotatable bonds is 4. The van der Waals surface area contributed by atoms with E-state index in [4.69, 9.17) is 9.26 Å². The Kier molecular flexibility index (Phi) is 5.80. The van der Waals surface area contributed by atoms with Gasteiger partial charge in [0.25, 0.3) is 0 Å². The van der Waals surface area contributed by atoms with Gasteiger partial charge in [0.05, 0.1) is 7.11 Å². The zero-order valence-electron chi connectivity index (χ0n) is 16.0. The minimum absolute atomic E-state index is 0.189. The van der Waals surface area contributed by atoms with Gasteiger partial charge in [0.1, 0.15) is 11.8 Å². The van der Waals surface area contributed by atoms with Crippen molar-refractivity contribution < 1.29 is 14.1 Å². The maximum atomic E-state index is 12.9. The average molecular weight is 457 g/mol. The van der Waals surface area contributed by atoms with Crippen molar-refractivity contribution >= 4 is 27.6 Å². The number of hydrogen-bond acceptors (Lipinski definition) is 5. The minimum Gasteiger partial charge on any atom is -0.497 e. The summed E-state index contributed by atoms with van der Waals surface area (Å²) in [6.07, 6.45) is 2.73. The summed E-state index contributed by atoms with van der Waals surface area (Å²) in [5.41, 5.74) is 1.55. The number of nitrogens with zero attached hydrogens (tertiary/aromatic N) is 3. The highest BCUT2D eigenvalue weighted by molar-refractivity contribution is 9.10. The number of carbonyl (C=O) groups is 1. The van der Waals surface area contributed by atoms with Crippen molar-refractivity contribution in [1.29, 1.82) is 0 Å². The molecule has 4 rings (SSSR count). The Morgan fingerprint density at radius 3 is 2.86 bits per heavy atom. The first kappa shape index (κ1) is 19.4. The minimum atomic E-state index is -0.244. The number of hydrogen-bond donors (Lipinski definition) is 1. The number of anilines is 1. The number of carbonyl (C=O) groups excluding carboxylic acids is 1. The lowest BCUT2D eigenvalue weighted by Gasteiger charge is -2.33. The Bertz CT molecular complexity index is 990. The standard InChI is InChI=1S/C21H21BrN4O3/c1-28-17-6-4-5-16(13-17)23-21(27)26-12-3-2-7-18(26)20-24-19(25-29-20)14-8-10-15(22)11-9-14/h4-6,8-11,13,18H,2-3,7,12H2,1H3,(H,23,27). The van der Waals surface area contributed by atoms with E-state index >= 15 is 0 Å². The summed E-state index contributed by atoms with van der Waals surface area (Å²) in [6.45, 7) is 0.635. The molecular weight excluding hydrogens is 436 g/mol. The molecule has 1 unspecified atom stereocenters. The van der Waals surface area contributed by atoms with Crippen molar-refractivity contribution in [1.82, 2.24) is 15.0 Å². The molecule has 0 bridgehead atoms. The van der Waals surface area contributed by atoms with Crippen LogP contribution in [-0.4, -0.2) is 34.7 Å². The molecule has 3 aromatic rings. The third kappa shape index (κ3) is 4.42. The Morgan fingerprint density at radius 2 is 2.07 bits per heavy atom. The molecule has 0 radical (unpaired) electrons. The van der Waals surface area contributed by atoms with Gasteiger partial charge < -0.3 is 19.5 Å². The maximum Gasteiger partial charge on any atom is 0.322 e. The summed E-state index contributed by atoms with van der Waals surface area (Å²) >= 11 is 3.42. The fourth-order valence-electron chi connectivity index (χ4n) is 3.41. The molecule has 1 saturated heterocycles. The van der Waals surface area contributed by atoms with Gasteiger partial charge in [-0.15, -0.1) is 0 Å². The smallest absolute Gasteiger partial charge is 0.322 e. The lowest BCUT2D eigenvalue weighted by molar-refractivity contribution is 0.142. The topological polar surface area (TPSA) is 80.5 Å². The molecule has 1 fully saturated rings. The highest BCUT2D eigenvalue weighted by atomic mass is 79.9. The number of likely N-dealkylation sites (tertiary alicyclic amines) is 1. The van der Waals surface area contributed by atoms with Crippen LogP contribution in [0.2, 0.25) is 0 Å². The first-order valence-corrected chi connectivity index (χ1v) is 10.2. The number of urea groups is 1. The molecule has 2 heterocycles. The van der Waals surface area contributed by atoms with E-state index in [0.717, 1.165) is 29.3 Å². The van der Waals surface area contributed by atoms with Crippen LogP contribution < -0.4 is 10.1 Å². The van der Waals surface area contributed by atoms with Crippen LogP contribution in [-0.2, 0) is 0 Å². The zero-order valence-corrected chi connectivity index (χ0v) is 17.6. The van der Waals surface area contributed by atoms with E-state index in [1.165, 1.54) is 0 Å². The van der Waals surface area contributed by atoms with E-state index in [-0.39, 0.29) is 12.1 Å². The number of nitrogens with one attached hydrogen (secondary N) is 1. The second-order valence-corrected chi connectivity index (χ2v) is 7.75. The Balaban J connectivity index is 1.53. The van der Waals surface area contributed by atoms with E-state index in [1.807, 2.05) is 42.5 Å². The van der Waals surface area contributed by atoms with E-state index in [0.29, 0.717) is 29.7 Å². The van der Waals surface area contributed by atoms with Crippen molar-refractivity contribution in [2.24, 2.45) is 0 Å². The van der Waals surface area contributed by atoms with Gasteiger partial charge in [-0.25, -0.2) is 4.79 Å². The van der Waals surface area contributed by atoms with Gasteiger partial charge in [0, 0.05) is 28.3 Å². The second-order valence-electron chi connectivity index (χ2n) is 6.83. The Morgan fingerprint density at radius 1 is 1.24 bits per heavy atom. The van der Waals surface area contributed by atoms with Gasteiger partial charge in [-0.3, -0.25) is 0 Å². The second kappa shape index (κ2) is 8.65. The fourth-order valence-corrected chi connectivity index (χ4v) is 3.68. The van der Waals surface area contributed by atoms with E-state index in [1.54, 1.807) is 18.1 Å². The van der Waals surface area contributed by atoms with Crippen LogP contribution in [0.4, 0.5) is 10.5 Å². The number of piperidine rings is 1. The zero-order chi connectivity index (χ0) is 20.2. The van der Waals surface area contributed by atoms with Crippen LogP contribution in [0.5, 0.6) is 5.75 Å². The summed E-state index contributed by atoms with van der Waals surface area (Å²) < 4.78 is 11.7. The average Bonchev–Trinajstić information content (AvgIpc) is 3.24. The maximum absolute atomic E-state index is 12.9. The van der Waals surface area contributed by atoms with Crippen LogP contribution in [0.1, 0.15) is 31.2 Å². The van der Waals surface area contributed by atoms with E-state index < -0.39 is 0 Å². The van der Waals surface area contributed by atoms with Crippen LogP contribution in [0.25, 0.3) is 11.4 Å².